The summed E-state index contributed by atoms with van der Waals surface area (Å²) >= 11 is 0. The highest BCUT2D eigenvalue weighted by Crippen LogP contribution is 2.29. The van der Waals surface area contributed by atoms with Gasteiger partial charge in [-0.3, -0.25) is 10.6 Å². The van der Waals surface area contributed by atoms with Crippen molar-refractivity contribution in [1.82, 2.24) is 15.0 Å². The fourth-order valence-corrected chi connectivity index (χ4v) is 2.69. The van der Waals surface area contributed by atoms with Gasteiger partial charge in [-0.25, -0.2) is 4.98 Å². The van der Waals surface area contributed by atoms with E-state index in [9.17, 15) is 4.79 Å². The summed E-state index contributed by atoms with van der Waals surface area (Å²) in [5, 5.41) is 0.833. The third kappa shape index (κ3) is 1.78. The van der Waals surface area contributed by atoms with Crippen LogP contribution < -0.4 is 16.8 Å². The average Bonchev–Trinajstić information content (AvgIpc) is 2.96. The molecule has 0 saturated heterocycles. The molecule has 0 aliphatic heterocycles. The van der Waals surface area contributed by atoms with E-state index in [4.69, 9.17) is 5.84 Å². The molecule has 0 radical (unpaired) electrons. The van der Waals surface area contributed by atoms with E-state index in [-0.39, 0.29) is 5.56 Å². The molecule has 4 rings (SSSR count). The zero-order valence-electron chi connectivity index (χ0n) is 11.6. The molecule has 2 aromatic heterocycles. The summed E-state index contributed by atoms with van der Waals surface area (Å²) < 4.78 is 0. The maximum absolute atomic E-state index is 12.5. The van der Waals surface area contributed by atoms with Gasteiger partial charge in [-0.05, 0) is 18.2 Å². The second-order valence-electron chi connectivity index (χ2n) is 5.00. The van der Waals surface area contributed by atoms with Crippen LogP contribution in [0.3, 0.4) is 0 Å². The smallest absolute Gasteiger partial charge is 0.261 e. The first-order chi connectivity index (χ1) is 10.8. The monoisotopic (exact) mass is 291 g/mol. The highest BCUT2D eigenvalue weighted by Gasteiger charge is 2.16. The third-order valence-corrected chi connectivity index (χ3v) is 3.69. The molecule has 2 aromatic carbocycles. The summed E-state index contributed by atoms with van der Waals surface area (Å²) in [7, 11) is 0. The molecule has 22 heavy (non-hydrogen) atoms. The molecule has 4 aromatic rings. The molecular formula is C16H13N5O. The van der Waals surface area contributed by atoms with E-state index in [2.05, 4.69) is 20.4 Å². The van der Waals surface area contributed by atoms with Gasteiger partial charge in [0, 0.05) is 5.39 Å². The second-order valence-corrected chi connectivity index (χ2v) is 5.00. The number of benzene rings is 2. The number of H-pyrrole nitrogens is 2. The van der Waals surface area contributed by atoms with Crippen molar-refractivity contribution in [2.75, 3.05) is 5.43 Å². The van der Waals surface area contributed by atoms with Crippen LogP contribution in [0.5, 0.6) is 0 Å². The molecule has 6 heteroatoms. The van der Waals surface area contributed by atoms with Gasteiger partial charge in [0.15, 0.2) is 0 Å². The van der Waals surface area contributed by atoms with Crippen LogP contribution in [0.25, 0.3) is 33.3 Å². The van der Waals surface area contributed by atoms with Gasteiger partial charge in [-0.2, -0.15) is 0 Å². The number of aromatic amines is 2. The van der Waals surface area contributed by atoms with Crippen molar-refractivity contribution in [3.8, 4) is 11.4 Å². The van der Waals surface area contributed by atoms with E-state index in [1.807, 2.05) is 48.5 Å². The number of imidazole rings is 1. The summed E-state index contributed by atoms with van der Waals surface area (Å²) in [6.45, 7) is 0. The molecule has 0 unspecified atom stereocenters. The van der Waals surface area contributed by atoms with E-state index >= 15 is 0 Å². The number of nitrogens with two attached hydrogens (primary N) is 1. The minimum Gasteiger partial charge on any atom is -0.338 e. The minimum absolute atomic E-state index is 0.245. The Kier molecular flexibility index (Phi) is 2.70. The molecule has 0 amide bonds. The Morgan fingerprint density at radius 2 is 1.68 bits per heavy atom. The minimum atomic E-state index is -0.245. The number of hydrogen-bond donors (Lipinski definition) is 4. The van der Waals surface area contributed by atoms with Gasteiger partial charge >= 0.3 is 0 Å². The van der Waals surface area contributed by atoms with E-state index in [1.165, 1.54) is 0 Å². The standard InChI is InChI=1S/C16H13N5O/c17-21-14-9-5-1-2-6-10(9)20-16(22)13(14)15-18-11-7-3-4-8-12(11)19-15/h1-8H,17H2,(H,18,19)(H2,20,21,22). The van der Waals surface area contributed by atoms with Gasteiger partial charge in [0.05, 0.1) is 22.2 Å². The highest BCUT2D eigenvalue weighted by molar-refractivity contribution is 5.98. The maximum Gasteiger partial charge on any atom is 0.261 e. The lowest BCUT2D eigenvalue weighted by molar-refractivity contribution is 1.23. The number of aromatic nitrogens is 3. The Bertz CT molecular complexity index is 1010. The number of pyridine rings is 1. The van der Waals surface area contributed by atoms with E-state index in [0.29, 0.717) is 17.1 Å². The second kappa shape index (κ2) is 4.71. The van der Waals surface area contributed by atoms with Crippen molar-refractivity contribution in [2.45, 2.75) is 0 Å². The zero-order chi connectivity index (χ0) is 15.1. The zero-order valence-corrected chi connectivity index (χ0v) is 11.6. The molecule has 108 valence electrons. The van der Waals surface area contributed by atoms with Gasteiger partial charge in [0.25, 0.3) is 5.56 Å². The molecule has 0 aliphatic rings. The average molecular weight is 291 g/mol. The number of nitrogens with one attached hydrogen (secondary N) is 3. The Morgan fingerprint density at radius 1 is 0.955 bits per heavy atom. The summed E-state index contributed by atoms with van der Waals surface area (Å²) in [4.78, 5) is 23.0. The van der Waals surface area contributed by atoms with Crippen molar-refractivity contribution in [3.63, 3.8) is 0 Å². The fraction of sp³-hybridized carbons (Fsp3) is 0. The van der Waals surface area contributed by atoms with Crippen LogP contribution in [-0.2, 0) is 0 Å². The van der Waals surface area contributed by atoms with Crippen LogP contribution >= 0.6 is 0 Å². The number of para-hydroxylation sites is 3. The molecule has 0 bridgehead atoms. The number of hydrogen-bond acceptors (Lipinski definition) is 4. The number of nitrogens with zero attached hydrogens (tertiary/aromatic N) is 1. The number of nitrogen functional groups attached to an aromatic ring is 1. The molecule has 0 saturated carbocycles. The molecule has 6 nitrogen and oxygen atoms in total. The van der Waals surface area contributed by atoms with Gasteiger partial charge in [0.1, 0.15) is 11.4 Å². The number of fused-ring (bicyclic) bond motifs is 2. The summed E-state index contributed by atoms with van der Waals surface area (Å²) in [6, 6.07) is 15.1. The summed E-state index contributed by atoms with van der Waals surface area (Å²) in [5.74, 6) is 6.16. The topological polar surface area (TPSA) is 99.6 Å². The van der Waals surface area contributed by atoms with Crippen molar-refractivity contribution in [1.29, 1.82) is 0 Å². The first-order valence-corrected chi connectivity index (χ1v) is 6.84. The Labute approximate surface area is 125 Å². The molecular weight excluding hydrogens is 278 g/mol. The fourth-order valence-electron chi connectivity index (χ4n) is 2.69. The lowest BCUT2D eigenvalue weighted by atomic mass is 10.1. The first-order valence-electron chi connectivity index (χ1n) is 6.84. The van der Waals surface area contributed by atoms with Gasteiger partial charge in [0.2, 0.25) is 0 Å². The Morgan fingerprint density at radius 3 is 2.45 bits per heavy atom. The number of anilines is 1. The Hall–Kier alpha value is -3.12. The van der Waals surface area contributed by atoms with Crippen LogP contribution in [0.15, 0.2) is 53.3 Å². The highest BCUT2D eigenvalue weighted by atomic mass is 16.1. The Balaban J connectivity index is 2.09. The lowest BCUT2D eigenvalue weighted by Gasteiger charge is -2.09. The molecule has 0 aliphatic carbocycles. The van der Waals surface area contributed by atoms with Crippen molar-refractivity contribution >= 4 is 27.6 Å². The van der Waals surface area contributed by atoms with Crippen LogP contribution in [-0.4, -0.2) is 15.0 Å². The predicted molar refractivity (Wildman–Crippen MR) is 87.5 cm³/mol. The molecule has 0 spiro atoms. The van der Waals surface area contributed by atoms with Gasteiger partial charge < -0.3 is 15.4 Å². The van der Waals surface area contributed by atoms with Gasteiger partial charge in [-0.1, -0.05) is 30.3 Å². The summed E-state index contributed by atoms with van der Waals surface area (Å²) in [5.41, 5.74) is 5.74. The predicted octanol–water partition coefficient (Wildman–Crippen LogP) is 2.36. The van der Waals surface area contributed by atoms with Crippen LogP contribution in [0.2, 0.25) is 0 Å². The van der Waals surface area contributed by atoms with Gasteiger partial charge in [-0.15, -0.1) is 0 Å². The first kappa shape index (κ1) is 12.6. The SMILES string of the molecule is NNc1c(-c2nc3ccccc3[nH]2)c(=O)[nH]c2ccccc12. The molecule has 5 N–H and O–H groups in total. The molecule has 0 atom stereocenters. The van der Waals surface area contributed by atoms with E-state index in [0.717, 1.165) is 21.9 Å². The lowest BCUT2D eigenvalue weighted by Crippen LogP contribution is -2.17. The van der Waals surface area contributed by atoms with E-state index in [1.54, 1.807) is 0 Å². The third-order valence-electron chi connectivity index (χ3n) is 3.69. The van der Waals surface area contributed by atoms with Crippen molar-refractivity contribution in [2.24, 2.45) is 5.84 Å². The number of hydrazine groups is 1. The number of rotatable bonds is 2. The quantitative estimate of drug-likeness (QED) is 0.336. The largest absolute Gasteiger partial charge is 0.338 e. The van der Waals surface area contributed by atoms with Crippen LogP contribution in [0, 0.1) is 0 Å². The normalized spacial score (nSPS) is 11.1. The van der Waals surface area contributed by atoms with Crippen molar-refractivity contribution < 1.29 is 0 Å². The van der Waals surface area contributed by atoms with Crippen LogP contribution in [0.4, 0.5) is 5.69 Å². The van der Waals surface area contributed by atoms with Crippen LogP contribution in [0.1, 0.15) is 0 Å². The maximum atomic E-state index is 12.5. The van der Waals surface area contributed by atoms with Crippen molar-refractivity contribution in [3.05, 3.63) is 58.9 Å². The molecule has 2 heterocycles. The summed E-state index contributed by atoms with van der Waals surface area (Å²) in [6.07, 6.45) is 0. The van der Waals surface area contributed by atoms with E-state index < -0.39 is 0 Å². The molecule has 0 fully saturated rings.